The highest BCUT2D eigenvalue weighted by Crippen LogP contribution is 2.20. The van der Waals surface area contributed by atoms with Crippen LogP contribution in [0, 0.1) is 13.8 Å². The minimum absolute atomic E-state index is 0.435. The first-order chi connectivity index (χ1) is 9.63. The summed E-state index contributed by atoms with van der Waals surface area (Å²) >= 11 is 0. The van der Waals surface area contributed by atoms with Crippen LogP contribution in [0.25, 0.3) is 0 Å². The first-order valence-corrected chi connectivity index (χ1v) is 6.51. The van der Waals surface area contributed by atoms with E-state index in [4.69, 9.17) is 10.4 Å². The average Bonchev–Trinajstić information content (AvgIpc) is 2.85. The van der Waals surface area contributed by atoms with Crippen LogP contribution in [0.4, 0.5) is 11.6 Å². The van der Waals surface area contributed by atoms with E-state index in [2.05, 4.69) is 37.8 Å². The lowest BCUT2D eigenvalue weighted by atomic mass is 10.2. The van der Waals surface area contributed by atoms with Gasteiger partial charge in [-0.25, -0.2) is 15.8 Å². The lowest BCUT2D eigenvalue weighted by Crippen LogP contribution is -2.15. The van der Waals surface area contributed by atoms with Gasteiger partial charge in [0.05, 0.1) is 6.54 Å². The van der Waals surface area contributed by atoms with Crippen LogP contribution >= 0.6 is 0 Å². The minimum Gasteiger partial charge on any atom is -0.362 e. The van der Waals surface area contributed by atoms with E-state index in [-0.39, 0.29) is 0 Å². The molecule has 4 N–H and O–H groups in total. The number of anilines is 2. The molecule has 0 spiro atoms. The monoisotopic (exact) mass is 277 g/mol. The number of nitrogens with two attached hydrogens (primary N) is 1. The van der Waals surface area contributed by atoms with E-state index in [0.29, 0.717) is 24.1 Å². The van der Waals surface area contributed by atoms with Crippen LogP contribution in [-0.2, 0) is 13.0 Å². The molecule has 0 atom stereocenters. The molecule has 0 aliphatic rings. The summed E-state index contributed by atoms with van der Waals surface area (Å²) in [4.78, 5) is 13.0. The normalized spacial score (nSPS) is 10.6. The van der Waals surface area contributed by atoms with Crippen LogP contribution in [0.5, 0.6) is 0 Å². The predicted octanol–water partition coefficient (Wildman–Crippen LogP) is 1.33. The molecule has 2 aromatic rings. The van der Waals surface area contributed by atoms with Gasteiger partial charge in [-0.15, -0.1) is 0 Å². The molecular formula is C12H19N7O. The highest BCUT2D eigenvalue weighted by molar-refractivity contribution is 5.56. The van der Waals surface area contributed by atoms with E-state index >= 15 is 0 Å². The van der Waals surface area contributed by atoms with Crippen LogP contribution in [-0.4, -0.2) is 20.1 Å². The van der Waals surface area contributed by atoms with Gasteiger partial charge in [0.15, 0.2) is 5.82 Å². The SMILES string of the molecule is CCCc1nc(NN)c(C)c(NCc2noc(C)n2)n1. The van der Waals surface area contributed by atoms with Crippen molar-refractivity contribution in [3.63, 3.8) is 0 Å². The van der Waals surface area contributed by atoms with Crippen LogP contribution < -0.4 is 16.6 Å². The van der Waals surface area contributed by atoms with Crippen molar-refractivity contribution in [2.45, 2.75) is 40.2 Å². The maximum Gasteiger partial charge on any atom is 0.223 e. The number of hydrogen-bond donors (Lipinski definition) is 3. The average molecular weight is 277 g/mol. The molecule has 0 amide bonds. The van der Waals surface area contributed by atoms with Crippen molar-refractivity contribution >= 4 is 11.6 Å². The fraction of sp³-hybridized carbons (Fsp3) is 0.500. The van der Waals surface area contributed by atoms with Gasteiger partial charge in [0.2, 0.25) is 5.89 Å². The second-order valence-electron chi connectivity index (χ2n) is 4.44. The second-order valence-corrected chi connectivity index (χ2v) is 4.44. The van der Waals surface area contributed by atoms with Crippen molar-refractivity contribution in [1.29, 1.82) is 0 Å². The van der Waals surface area contributed by atoms with Crippen LogP contribution in [0.2, 0.25) is 0 Å². The third kappa shape index (κ3) is 3.21. The van der Waals surface area contributed by atoms with Gasteiger partial charge in [-0.3, -0.25) is 0 Å². The molecule has 0 aromatic carbocycles. The summed E-state index contributed by atoms with van der Waals surface area (Å²) in [6.45, 7) is 6.16. The summed E-state index contributed by atoms with van der Waals surface area (Å²) in [5.41, 5.74) is 3.45. The molecule has 0 fully saturated rings. The Bertz CT molecular complexity index is 581. The molecule has 0 bridgehead atoms. The first kappa shape index (κ1) is 14.2. The highest BCUT2D eigenvalue weighted by atomic mass is 16.5. The Hall–Kier alpha value is -2.22. The molecule has 2 rings (SSSR count). The molecule has 0 aliphatic heterocycles. The lowest BCUT2D eigenvalue weighted by molar-refractivity contribution is 0.388. The molecular weight excluding hydrogens is 258 g/mol. The predicted molar refractivity (Wildman–Crippen MR) is 74.9 cm³/mol. The van der Waals surface area contributed by atoms with Gasteiger partial charge in [-0.05, 0) is 13.3 Å². The molecule has 0 saturated carbocycles. The highest BCUT2D eigenvalue weighted by Gasteiger charge is 2.11. The van der Waals surface area contributed by atoms with Crippen molar-refractivity contribution in [2.24, 2.45) is 5.84 Å². The van der Waals surface area contributed by atoms with E-state index in [9.17, 15) is 0 Å². The maximum atomic E-state index is 5.49. The Morgan fingerprint density at radius 1 is 1.10 bits per heavy atom. The molecule has 0 radical (unpaired) electrons. The third-order valence-electron chi connectivity index (χ3n) is 2.79. The van der Waals surface area contributed by atoms with E-state index in [1.54, 1.807) is 6.92 Å². The standard InChI is InChI=1S/C12H19N7O/c1-4-5-9-16-11(7(2)12(17-9)18-13)14-6-10-15-8(3)20-19-10/h4-6,13H2,1-3H3,(H2,14,16,17,18). The molecule has 8 nitrogen and oxygen atoms in total. The van der Waals surface area contributed by atoms with Crippen molar-refractivity contribution in [1.82, 2.24) is 20.1 Å². The first-order valence-electron chi connectivity index (χ1n) is 6.51. The van der Waals surface area contributed by atoms with Crippen molar-refractivity contribution in [2.75, 3.05) is 10.7 Å². The number of aryl methyl sites for hydroxylation is 2. The Labute approximate surface area is 117 Å². The Balaban J connectivity index is 2.18. The van der Waals surface area contributed by atoms with Crippen molar-refractivity contribution in [3.8, 4) is 0 Å². The van der Waals surface area contributed by atoms with E-state index < -0.39 is 0 Å². The van der Waals surface area contributed by atoms with Gasteiger partial charge < -0.3 is 15.3 Å². The molecule has 0 unspecified atom stereocenters. The zero-order valence-corrected chi connectivity index (χ0v) is 11.9. The van der Waals surface area contributed by atoms with Gasteiger partial charge in [-0.1, -0.05) is 12.1 Å². The van der Waals surface area contributed by atoms with Gasteiger partial charge in [0.25, 0.3) is 0 Å². The minimum atomic E-state index is 0.435. The number of nitrogens with zero attached hydrogens (tertiary/aromatic N) is 4. The summed E-state index contributed by atoms with van der Waals surface area (Å²) in [5.74, 6) is 8.70. The third-order valence-corrected chi connectivity index (χ3v) is 2.79. The lowest BCUT2D eigenvalue weighted by Gasteiger charge is -2.12. The fourth-order valence-corrected chi connectivity index (χ4v) is 1.79. The van der Waals surface area contributed by atoms with Gasteiger partial charge in [0.1, 0.15) is 17.5 Å². The number of nitrogens with one attached hydrogen (secondary N) is 2. The number of rotatable bonds is 6. The molecule has 20 heavy (non-hydrogen) atoms. The molecule has 8 heteroatoms. The molecule has 108 valence electrons. The Kier molecular flexibility index (Phi) is 4.46. The van der Waals surface area contributed by atoms with Gasteiger partial charge >= 0.3 is 0 Å². The summed E-state index contributed by atoms with van der Waals surface area (Å²) in [7, 11) is 0. The van der Waals surface area contributed by atoms with E-state index in [0.717, 1.165) is 30.0 Å². The maximum absolute atomic E-state index is 5.49. The quantitative estimate of drug-likeness (QED) is 0.535. The Morgan fingerprint density at radius 2 is 1.85 bits per heavy atom. The van der Waals surface area contributed by atoms with Crippen LogP contribution in [0.1, 0.15) is 36.4 Å². The van der Waals surface area contributed by atoms with Crippen LogP contribution in [0.3, 0.4) is 0 Å². The zero-order chi connectivity index (χ0) is 14.5. The van der Waals surface area contributed by atoms with Crippen molar-refractivity contribution in [3.05, 3.63) is 23.1 Å². The largest absolute Gasteiger partial charge is 0.362 e. The van der Waals surface area contributed by atoms with E-state index in [1.165, 1.54) is 0 Å². The topological polar surface area (TPSA) is 115 Å². The fourth-order valence-electron chi connectivity index (χ4n) is 1.79. The second kappa shape index (κ2) is 6.29. The number of hydrogen-bond acceptors (Lipinski definition) is 8. The van der Waals surface area contributed by atoms with Gasteiger partial charge in [-0.2, -0.15) is 4.98 Å². The summed E-state index contributed by atoms with van der Waals surface area (Å²) in [5, 5.41) is 7.01. The molecule has 2 aromatic heterocycles. The molecule has 0 saturated heterocycles. The van der Waals surface area contributed by atoms with Crippen molar-refractivity contribution < 1.29 is 4.52 Å². The smallest absolute Gasteiger partial charge is 0.223 e. The van der Waals surface area contributed by atoms with E-state index in [1.807, 2.05) is 6.92 Å². The summed E-state index contributed by atoms with van der Waals surface area (Å²) < 4.78 is 4.92. The number of nitrogen functional groups attached to an aromatic ring is 1. The summed E-state index contributed by atoms with van der Waals surface area (Å²) in [6, 6.07) is 0. The Morgan fingerprint density at radius 3 is 2.45 bits per heavy atom. The summed E-state index contributed by atoms with van der Waals surface area (Å²) in [6.07, 6.45) is 1.77. The van der Waals surface area contributed by atoms with Crippen LogP contribution in [0.15, 0.2) is 4.52 Å². The van der Waals surface area contributed by atoms with Gasteiger partial charge in [0, 0.05) is 18.9 Å². The molecule has 2 heterocycles. The number of aromatic nitrogens is 4. The molecule has 0 aliphatic carbocycles. The number of hydrazine groups is 1. The zero-order valence-electron chi connectivity index (χ0n) is 11.9.